The van der Waals surface area contributed by atoms with Gasteiger partial charge < -0.3 is 10.1 Å². The van der Waals surface area contributed by atoms with Gasteiger partial charge in [-0.05, 0) is 21.3 Å². The third kappa shape index (κ3) is 1.49. The molecule has 0 aliphatic heterocycles. The Morgan fingerprint density at radius 3 is 2.71 bits per heavy atom. The number of nitrogens with one attached hydrogen (secondary N) is 1. The van der Waals surface area contributed by atoms with Crippen molar-refractivity contribution in [1.29, 1.82) is 0 Å². The molecular formula is C9H6BrNO2S. The molecule has 14 heavy (non-hydrogen) atoms. The van der Waals surface area contributed by atoms with E-state index in [0.29, 0.717) is 11.1 Å². The number of halogens is 1. The molecule has 0 aliphatic rings. The van der Waals surface area contributed by atoms with Crippen molar-refractivity contribution in [3.63, 3.8) is 0 Å². The first-order chi connectivity index (χ1) is 6.70. The minimum absolute atomic E-state index is 0.295. The second-order valence-corrected chi connectivity index (χ2v) is 4.32. The quantitative estimate of drug-likeness (QED) is 0.882. The Balaban J connectivity index is 2.57. The van der Waals surface area contributed by atoms with Crippen LogP contribution in [0.4, 0.5) is 0 Å². The fourth-order valence-electron chi connectivity index (χ4n) is 1.24. The lowest BCUT2D eigenvalue weighted by atomic mass is 10.1. The molecule has 0 aromatic carbocycles. The molecule has 0 saturated carbocycles. The average molecular weight is 272 g/mol. The Morgan fingerprint density at radius 2 is 2.14 bits per heavy atom. The first-order valence-electron chi connectivity index (χ1n) is 3.82. The minimum atomic E-state index is -0.917. The highest BCUT2D eigenvalue weighted by molar-refractivity contribution is 9.10. The first kappa shape index (κ1) is 9.48. The Labute approximate surface area is 92.5 Å². The number of hydrogen-bond donors (Lipinski definition) is 2. The van der Waals surface area contributed by atoms with E-state index in [0.717, 1.165) is 10.0 Å². The summed E-state index contributed by atoms with van der Waals surface area (Å²) >= 11 is 4.91. The van der Waals surface area contributed by atoms with Crippen LogP contribution < -0.4 is 0 Å². The summed E-state index contributed by atoms with van der Waals surface area (Å²) in [7, 11) is 0. The number of rotatable bonds is 2. The maximum atomic E-state index is 10.9. The maximum Gasteiger partial charge on any atom is 0.337 e. The van der Waals surface area contributed by atoms with Crippen LogP contribution in [-0.4, -0.2) is 16.1 Å². The summed E-state index contributed by atoms with van der Waals surface area (Å²) in [6, 6.07) is 0. The van der Waals surface area contributed by atoms with Crippen LogP contribution in [-0.2, 0) is 0 Å². The van der Waals surface area contributed by atoms with Gasteiger partial charge in [-0.2, -0.15) is 11.3 Å². The molecule has 2 aromatic rings. The molecule has 0 amide bonds. The van der Waals surface area contributed by atoms with Crippen molar-refractivity contribution < 1.29 is 9.90 Å². The lowest BCUT2D eigenvalue weighted by Gasteiger charge is -1.97. The Morgan fingerprint density at radius 1 is 1.36 bits per heavy atom. The molecule has 5 heteroatoms. The summed E-state index contributed by atoms with van der Waals surface area (Å²) in [6.45, 7) is 0. The molecule has 2 N–H and O–H groups in total. The highest BCUT2D eigenvalue weighted by Gasteiger charge is 2.14. The van der Waals surface area contributed by atoms with Crippen molar-refractivity contribution in [1.82, 2.24) is 4.98 Å². The minimum Gasteiger partial charge on any atom is -0.478 e. The van der Waals surface area contributed by atoms with Gasteiger partial charge in [-0.1, -0.05) is 0 Å². The molecular weight excluding hydrogens is 266 g/mol. The zero-order valence-electron chi connectivity index (χ0n) is 6.95. The third-order valence-corrected chi connectivity index (χ3v) is 3.58. The smallest absolute Gasteiger partial charge is 0.337 e. The van der Waals surface area contributed by atoms with Crippen LogP contribution in [0.3, 0.4) is 0 Å². The van der Waals surface area contributed by atoms with Crippen molar-refractivity contribution in [2.24, 2.45) is 0 Å². The van der Waals surface area contributed by atoms with Gasteiger partial charge in [0.2, 0.25) is 0 Å². The predicted octanol–water partition coefficient (Wildman–Crippen LogP) is 3.20. The van der Waals surface area contributed by atoms with Gasteiger partial charge in [0.15, 0.2) is 0 Å². The predicted molar refractivity (Wildman–Crippen MR) is 58.8 cm³/mol. The number of aromatic nitrogens is 1. The highest BCUT2D eigenvalue weighted by Crippen LogP contribution is 2.33. The standard InChI is InChI=1S/C9H6BrNO2S/c10-8-4-14-3-7(8)5-1-11-2-6(5)9(12)13/h1-4,11H,(H,12,13). The number of carboxylic acid groups (broad SMARTS) is 1. The molecule has 0 aliphatic carbocycles. The zero-order chi connectivity index (χ0) is 10.1. The van der Waals surface area contributed by atoms with Crippen LogP contribution >= 0.6 is 27.3 Å². The summed E-state index contributed by atoms with van der Waals surface area (Å²) in [5, 5.41) is 12.8. The lowest BCUT2D eigenvalue weighted by Crippen LogP contribution is -1.95. The molecule has 0 spiro atoms. The SMILES string of the molecule is O=C(O)c1c[nH]cc1-c1cscc1Br. The van der Waals surface area contributed by atoms with Crippen LogP contribution in [0.25, 0.3) is 11.1 Å². The second-order valence-electron chi connectivity index (χ2n) is 2.72. The van der Waals surface area contributed by atoms with Crippen molar-refractivity contribution in [3.8, 4) is 11.1 Å². The monoisotopic (exact) mass is 271 g/mol. The summed E-state index contributed by atoms with van der Waals surface area (Å²) in [5.41, 5.74) is 1.92. The van der Waals surface area contributed by atoms with Gasteiger partial charge >= 0.3 is 5.97 Å². The van der Waals surface area contributed by atoms with Crippen LogP contribution in [0.2, 0.25) is 0 Å². The van der Waals surface area contributed by atoms with Crippen molar-refractivity contribution in [3.05, 3.63) is 33.2 Å². The van der Waals surface area contributed by atoms with Crippen molar-refractivity contribution in [2.45, 2.75) is 0 Å². The van der Waals surface area contributed by atoms with Gasteiger partial charge in [-0.3, -0.25) is 0 Å². The zero-order valence-corrected chi connectivity index (χ0v) is 9.35. The molecule has 0 atom stereocenters. The average Bonchev–Trinajstić information content (AvgIpc) is 2.70. The van der Waals surface area contributed by atoms with E-state index in [-0.39, 0.29) is 0 Å². The Hall–Kier alpha value is -1.07. The number of H-pyrrole nitrogens is 1. The van der Waals surface area contributed by atoms with Crippen molar-refractivity contribution >= 4 is 33.2 Å². The molecule has 0 radical (unpaired) electrons. The molecule has 3 nitrogen and oxygen atoms in total. The van der Waals surface area contributed by atoms with E-state index < -0.39 is 5.97 Å². The molecule has 72 valence electrons. The second kappa shape index (κ2) is 3.59. The number of carboxylic acids is 1. The fraction of sp³-hybridized carbons (Fsp3) is 0. The van der Waals surface area contributed by atoms with E-state index >= 15 is 0 Å². The molecule has 2 rings (SSSR count). The third-order valence-electron chi connectivity index (χ3n) is 1.88. The van der Waals surface area contributed by atoms with Gasteiger partial charge in [-0.25, -0.2) is 4.79 Å². The largest absolute Gasteiger partial charge is 0.478 e. The summed E-state index contributed by atoms with van der Waals surface area (Å²) in [5.74, 6) is -0.917. The lowest BCUT2D eigenvalue weighted by molar-refractivity contribution is 0.0698. The topological polar surface area (TPSA) is 53.1 Å². The highest BCUT2D eigenvalue weighted by atomic mass is 79.9. The molecule has 0 fully saturated rings. The molecule has 0 saturated heterocycles. The summed E-state index contributed by atoms with van der Waals surface area (Å²) in [6.07, 6.45) is 3.18. The summed E-state index contributed by atoms with van der Waals surface area (Å²) in [4.78, 5) is 13.7. The van der Waals surface area contributed by atoms with Crippen LogP contribution in [0.5, 0.6) is 0 Å². The Bertz CT molecular complexity index is 475. The fourth-order valence-corrected chi connectivity index (χ4v) is 2.75. The molecule has 2 heterocycles. The van der Waals surface area contributed by atoms with Crippen molar-refractivity contribution in [2.75, 3.05) is 0 Å². The number of carbonyl (C=O) groups is 1. The van der Waals surface area contributed by atoms with E-state index in [4.69, 9.17) is 5.11 Å². The van der Waals surface area contributed by atoms with E-state index in [1.165, 1.54) is 17.5 Å². The normalized spacial score (nSPS) is 10.4. The molecule has 2 aromatic heterocycles. The van der Waals surface area contributed by atoms with Crippen LogP contribution in [0.1, 0.15) is 10.4 Å². The number of hydrogen-bond acceptors (Lipinski definition) is 2. The van der Waals surface area contributed by atoms with E-state index in [1.54, 1.807) is 6.20 Å². The van der Waals surface area contributed by atoms with Crippen LogP contribution in [0.15, 0.2) is 27.6 Å². The van der Waals surface area contributed by atoms with E-state index in [2.05, 4.69) is 20.9 Å². The van der Waals surface area contributed by atoms with Gasteiger partial charge in [0.1, 0.15) is 0 Å². The maximum absolute atomic E-state index is 10.9. The molecule has 0 unspecified atom stereocenters. The first-order valence-corrected chi connectivity index (χ1v) is 5.56. The van der Waals surface area contributed by atoms with Gasteiger partial charge in [0.05, 0.1) is 5.56 Å². The number of aromatic amines is 1. The summed E-state index contributed by atoms with van der Waals surface area (Å²) < 4.78 is 0.921. The Kier molecular flexibility index (Phi) is 2.43. The molecule has 0 bridgehead atoms. The van der Waals surface area contributed by atoms with Gasteiger partial charge in [0.25, 0.3) is 0 Å². The van der Waals surface area contributed by atoms with E-state index in [9.17, 15) is 4.79 Å². The van der Waals surface area contributed by atoms with Gasteiger partial charge in [-0.15, -0.1) is 0 Å². The number of thiophene rings is 1. The van der Waals surface area contributed by atoms with E-state index in [1.807, 2.05) is 10.8 Å². The number of aromatic carboxylic acids is 1. The van der Waals surface area contributed by atoms with Gasteiger partial charge in [0, 0.05) is 33.4 Å². The van der Waals surface area contributed by atoms with Crippen LogP contribution in [0, 0.1) is 0 Å².